The van der Waals surface area contributed by atoms with Crippen LogP contribution in [-0.4, -0.2) is 17.0 Å². The molecule has 0 aliphatic rings. The zero-order valence-electron chi connectivity index (χ0n) is 14.3. The number of rotatable bonds is 7. The SMILES string of the molecule is O=C(O)C[C@H](Cc1ccc2ccccc2c1)C(=O)OCc1ccccc1. The Morgan fingerprint density at radius 2 is 1.54 bits per heavy atom. The predicted molar refractivity (Wildman–Crippen MR) is 99.6 cm³/mol. The molecule has 0 unspecified atom stereocenters. The maximum absolute atomic E-state index is 12.4. The van der Waals surface area contributed by atoms with Crippen molar-refractivity contribution < 1.29 is 19.4 Å². The number of carbonyl (C=O) groups is 2. The number of hydrogen-bond donors (Lipinski definition) is 1. The van der Waals surface area contributed by atoms with Crippen LogP contribution in [0.25, 0.3) is 10.8 Å². The summed E-state index contributed by atoms with van der Waals surface area (Å²) in [5, 5.41) is 11.3. The molecule has 0 aliphatic carbocycles. The molecule has 132 valence electrons. The highest BCUT2D eigenvalue weighted by atomic mass is 16.5. The summed E-state index contributed by atoms with van der Waals surface area (Å²) in [6.45, 7) is 0.146. The first-order valence-electron chi connectivity index (χ1n) is 8.52. The van der Waals surface area contributed by atoms with E-state index in [9.17, 15) is 9.59 Å². The third-order valence-electron chi connectivity index (χ3n) is 4.27. The summed E-state index contributed by atoms with van der Waals surface area (Å²) in [5.41, 5.74) is 1.80. The number of benzene rings is 3. The Balaban J connectivity index is 1.71. The van der Waals surface area contributed by atoms with Crippen LogP contribution in [0, 0.1) is 5.92 Å². The van der Waals surface area contributed by atoms with Crippen LogP contribution in [0.3, 0.4) is 0 Å². The van der Waals surface area contributed by atoms with E-state index in [2.05, 4.69) is 0 Å². The molecule has 0 saturated heterocycles. The summed E-state index contributed by atoms with van der Waals surface area (Å²) >= 11 is 0. The molecular formula is C22H20O4. The number of carbonyl (C=O) groups excluding carboxylic acids is 1. The minimum atomic E-state index is -1.01. The van der Waals surface area contributed by atoms with Crippen LogP contribution in [0.4, 0.5) is 0 Å². The predicted octanol–water partition coefficient (Wildman–Crippen LogP) is 4.22. The summed E-state index contributed by atoms with van der Waals surface area (Å²) in [7, 11) is 0. The molecule has 1 N–H and O–H groups in total. The zero-order valence-corrected chi connectivity index (χ0v) is 14.3. The van der Waals surface area contributed by atoms with Gasteiger partial charge in [-0.3, -0.25) is 9.59 Å². The lowest BCUT2D eigenvalue weighted by atomic mass is 9.94. The minimum Gasteiger partial charge on any atom is -0.481 e. The van der Waals surface area contributed by atoms with Gasteiger partial charge in [-0.25, -0.2) is 0 Å². The van der Waals surface area contributed by atoms with Gasteiger partial charge in [0.05, 0.1) is 12.3 Å². The summed E-state index contributed by atoms with van der Waals surface area (Å²) in [5.74, 6) is -2.20. The molecule has 4 heteroatoms. The monoisotopic (exact) mass is 348 g/mol. The van der Waals surface area contributed by atoms with E-state index in [0.29, 0.717) is 6.42 Å². The molecule has 0 spiro atoms. The summed E-state index contributed by atoms with van der Waals surface area (Å²) < 4.78 is 5.35. The molecule has 0 aromatic heterocycles. The van der Waals surface area contributed by atoms with Crippen molar-refractivity contribution in [2.24, 2.45) is 5.92 Å². The van der Waals surface area contributed by atoms with Gasteiger partial charge in [0.2, 0.25) is 0 Å². The van der Waals surface area contributed by atoms with Crippen molar-refractivity contribution in [1.29, 1.82) is 0 Å². The van der Waals surface area contributed by atoms with Crippen molar-refractivity contribution in [3.05, 3.63) is 83.9 Å². The van der Waals surface area contributed by atoms with Crippen LogP contribution in [0.2, 0.25) is 0 Å². The molecule has 0 bridgehead atoms. The van der Waals surface area contributed by atoms with Gasteiger partial charge in [0, 0.05) is 0 Å². The molecule has 26 heavy (non-hydrogen) atoms. The second kappa shape index (κ2) is 8.30. The van der Waals surface area contributed by atoms with Gasteiger partial charge in [-0.1, -0.05) is 72.8 Å². The maximum atomic E-state index is 12.4. The van der Waals surface area contributed by atoms with Gasteiger partial charge >= 0.3 is 11.9 Å². The van der Waals surface area contributed by atoms with Crippen molar-refractivity contribution in [1.82, 2.24) is 0 Å². The summed E-state index contributed by atoms with van der Waals surface area (Å²) in [4.78, 5) is 23.6. The van der Waals surface area contributed by atoms with E-state index < -0.39 is 17.9 Å². The average Bonchev–Trinajstić information content (AvgIpc) is 2.66. The van der Waals surface area contributed by atoms with E-state index in [1.807, 2.05) is 72.8 Å². The van der Waals surface area contributed by atoms with Crippen LogP contribution in [-0.2, 0) is 27.4 Å². The molecule has 0 radical (unpaired) electrons. The lowest BCUT2D eigenvalue weighted by molar-refractivity contribution is -0.154. The Morgan fingerprint density at radius 3 is 2.27 bits per heavy atom. The van der Waals surface area contributed by atoms with Gasteiger partial charge in [-0.2, -0.15) is 0 Å². The Morgan fingerprint density at radius 1 is 0.846 bits per heavy atom. The first-order valence-corrected chi connectivity index (χ1v) is 8.52. The zero-order chi connectivity index (χ0) is 18.4. The molecule has 3 aromatic rings. The molecule has 0 aliphatic heterocycles. The number of carboxylic acids is 1. The quantitative estimate of drug-likeness (QED) is 0.650. The largest absolute Gasteiger partial charge is 0.481 e. The lowest BCUT2D eigenvalue weighted by Crippen LogP contribution is -2.23. The van der Waals surface area contributed by atoms with Crippen LogP contribution >= 0.6 is 0 Å². The fraction of sp³-hybridized carbons (Fsp3) is 0.182. The maximum Gasteiger partial charge on any atom is 0.310 e. The molecular weight excluding hydrogens is 328 g/mol. The third kappa shape index (κ3) is 4.70. The second-order valence-electron chi connectivity index (χ2n) is 6.27. The Kier molecular flexibility index (Phi) is 5.64. The topological polar surface area (TPSA) is 63.6 Å². The van der Waals surface area contributed by atoms with Crippen molar-refractivity contribution in [2.75, 3.05) is 0 Å². The molecule has 3 rings (SSSR count). The van der Waals surface area contributed by atoms with Gasteiger partial charge in [-0.05, 0) is 28.3 Å². The number of hydrogen-bond acceptors (Lipinski definition) is 3. The van der Waals surface area contributed by atoms with Gasteiger partial charge < -0.3 is 9.84 Å². The first-order chi connectivity index (χ1) is 12.6. The van der Waals surface area contributed by atoms with E-state index >= 15 is 0 Å². The fourth-order valence-electron chi connectivity index (χ4n) is 2.95. The molecule has 4 nitrogen and oxygen atoms in total. The molecule has 0 saturated carbocycles. The van der Waals surface area contributed by atoms with Gasteiger partial charge in [-0.15, -0.1) is 0 Å². The normalized spacial score (nSPS) is 11.8. The summed E-state index contributed by atoms with van der Waals surface area (Å²) in [6.07, 6.45) is 0.0885. The van der Waals surface area contributed by atoms with E-state index in [-0.39, 0.29) is 13.0 Å². The van der Waals surface area contributed by atoms with E-state index in [4.69, 9.17) is 9.84 Å². The molecule has 3 aromatic carbocycles. The van der Waals surface area contributed by atoms with Crippen molar-refractivity contribution in [2.45, 2.75) is 19.4 Å². The minimum absolute atomic E-state index is 0.146. The van der Waals surface area contributed by atoms with Gasteiger partial charge in [0.15, 0.2) is 0 Å². The number of carboxylic acid groups (broad SMARTS) is 1. The van der Waals surface area contributed by atoms with Crippen LogP contribution in [0.15, 0.2) is 72.8 Å². The van der Waals surface area contributed by atoms with E-state index in [0.717, 1.165) is 21.9 Å². The average molecular weight is 348 g/mol. The second-order valence-corrected chi connectivity index (χ2v) is 6.27. The molecule has 0 heterocycles. The van der Waals surface area contributed by atoms with Crippen molar-refractivity contribution in [3.63, 3.8) is 0 Å². The molecule has 1 atom stereocenters. The highest BCUT2D eigenvalue weighted by Gasteiger charge is 2.24. The highest BCUT2D eigenvalue weighted by molar-refractivity contribution is 5.83. The van der Waals surface area contributed by atoms with Crippen LogP contribution in [0.5, 0.6) is 0 Å². The van der Waals surface area contributed by atoms with Crippen molar-refractivity contribution >= 4 is 22.7 Å². The van der Waals surface area contributed by atoms with E-state index in [1.54, 1.807) is 0 Å². The molecule has 0 amide bonds. The smallest absolute Gasteiger partial charge is 0.310 e. The number of fused-ring (bicyclic) bond motifs is 1. The Hall–Kier alpha value is -3.14. The third-order valence-corrected chi connectivity index (χ3v) is 4.27. The van der Waals surface area contributed by atoms with Gasteiger partial charge in [0.1, 0.15) is 6.61 Å². The Bertz CT molecular complexity index is 902. The summed E-state index contributed by atoms with van der Waals surface area (Å²) in [6, 6.07) is 23.2. The molecule has 0 fully saturated rings. The van der Waals surface area contributed by atoms with Crippen LogP contribution < -0.4 is 0 Å². The highest BCUT2D eigenvalue weighted by Crippen LogP contribution is 2.20. The first kappa shape index (κ1) is 17.7. The van der Waals surface area contributed by atoms with Crippen LogP contribution in [0.1, 0.15) is 17.5 Å². The van der Waals surface area contributed by atoms with Crippen molar-refractivity contribution in [3.8, 4) is 0 Å². The van der Waals surface area contributed by atoms with E-state index in [1.165, 1.54) is 0 Å². The lowest BCUT2D eigenvalue weighted by Gasteiger charge is -2.15. The number of aliphatic carboxylic acids is 1. The standard InChI is InChI=1S/C22H20O4/c23-21(24)14-20(22(25)26-15-16-6-2-1-3-7-16)13-17-10-11-18-8-4-5-9-19(18)12-17/h1-12,20H,13-15H2,(H,23,24)/t20-/m0/s1. The number of ether oxygens (including phenoxy) is 1. The Labute approximate surface area is 152 Å². The number of esters is 1. The fourth-order valence-corrected chi connectivity index (χ4v) is 2.95. The van der Waals surface area contributed by atoms with Gasteiger partial charge in [0.25, 0.3) is 0 Å².